The van der Waals surface area contributed by atoms with Crippen LogP contribution in [0.4, 0.5) is 0 Å². The molecule has 1 aliphatic carbocycles. The molecule has 3 aliphatic rings. The van der Waals surface area contributed by atoms with E-state index in [-0.39, 0.29) is 53.4 Å². The molecule has 1 saturated carbocycles. The summed E-state index contributed by atoms with van der Waals surface area (Å²) in [6, 6.07) is 0.258. The number of rotatable bonds is 4. The minimum atomic E-state index is -3.00. The maximum Gasteiger partial charge on any atom is 0.237 e. The molecule has 2 aliphatic heterocycles. The Morgan fingerprint density at radius 1 is 1.11 bits per heavy atom. The second-order valence-electron chi connectivity index (χ2n) is 9.24. The molecule has 6 nitrogen and oxygen atoms in total. The number of halogens is 1. The number of hydrogen-bond acceptors (Lipinski definition) is 5. The lowest BCUT2D eigenvalue weighted by Crippen LogP contribution is -2.56. The Labute approximate surface area is 170 Å². The van der Waals surface area contributed by atoms with E-state index in [0.29, 0.717) is 13.0 Å². The number of likely N-dealkylation sites (tertiary alicyclic amines) is 1. The van der Waals surface area contributed by atoms with Crippen molar-refractivity contribution in [3.63, 3.8) is 0 Å². The maximum atomic E-state index is 13.3. The first-order valence-corrected chi connectivity index (χ1v) is 12.0. The summed E-state index contributed by atoms with van der Waals surface area (Å²) in [4.78, 5) is 17.5. The lowest BCUT2D eigenvalue weighted by molar-refractivity contribution is -0.138. The van der Waals surface area contributed by atoms with Crippen LogP contribution in [0.5, 0.6) is 0 Å². The maximum absolute atomic E-state index is 13.3. The number of sulfone groups is 1. The van der Waals surface area contributed by atoms with Crippen LogP contribution in [0, 0.1) is 5.41 Å². The summed E-state index contributed by atoms with van der Waals surface area (Å²) in [5, 5.41) is 0. The highest BCUT2D eigenvalue weighted by molar-refractivity contribution is 7.91. The fraction of sp³-hybridized carbons (Fsp3) is 0.947. The van der Waals surface area contributed by atoms with E-state index < -0.39 is 9.84 Å². The number of carbonyl (C=O) groups excluding carboxylic acids is 1. The van der Waals surface area contributed by atoms with E-state index in [1.54, 1.807) is 0 Å². The third-order valence-electron chi connectivity index (χ3n) is 6.61. The minimum Gasteiger partial charge on any atom is -0.335 e. The third kappa shape index (κ3) is 5.58. The summed E-state index contributed by atoms with van der Waals surface area (Å²) in [5.74, 6) is 0.482. The molecule has 0 aromatic heterocycles. The van der Waals surface area contributed by atoms with Crippen LogP contribution < -0.4 is 5.73 Å². The second kappa shape index (κ2) is 8.97. The van der Waals surface area contributed by atoms with Crippen molar-refractivity contribution in [3.8, 4) is 0 Å². The predicted molar refractivity (Wildman–Crippen MR) is 111 cm³/mol. The molecular formula is C19H36ClN3O3S. The topological polar surface area (TPSA) is 83.7 Å². The highest BCUT2D eigenvalue weighted by Gasteiger charge is 2.40. The molecule has 2 atom stereocenters. The van der Waals surface area contributed by atoms with Crippen molar-refractivity contribution in [2.75, 3.05) is 31.1 Å². The van der Waals surface area contributed by atoms with Gasteiger partial charge in [0, 0.05) is 31.2 Å². The number of nitrogens with two attached hydrogens (primary N) is 1. The zero-order chi connectivity index (χ0) is 18.9. The lowest BCUT2D eigenvalue weighted by Gasteiger charge is -2.44. The van der Waals surface area contributed by atoms with Gasteiger partial charge in [0.25, 0.3) is 0 Å². The summed E-state index contributed by atoms with van der Waals surface area (Å²) in [5.41, 5.74) is 6.23. The molecule has 158 valence electrons. The van der Waals surface area contributed by atoms with Crippen LogP contribution >= 0.6 is 12.4 Å². The Hall–Kier alpha value is -0.370. The van der Waals surface area contributed by atoms with Gasteiger partial charge in [-0.2, -0.15) is 0 Å². The van der Waals surface area contributed by atoms with E-state index in [2.05, 4.69) is 18.7 Å². The van der Waals surface area contributed by atoms with E-state index in [1.165, 1.54) is 6.42 Å². The number of carbonyl (C=O) groups is 1. The summed E-state index contributed by atoms with van der Waals surface area (Å²) in [6.07, 6.45) is 7.03. The van der Waals surface area contributed by atoms with Crippen molar-refractivity contribution in [2.45, 2.75) is 76.9 Å². The fourth-order valence-electron chi connectivity index (χ4n) is 4.95. The van der Waals surface area contributed by atoms with Gasteiger partial charge < -0.3 is 10.6 Å². The van der Waals surface area contributed by atoms with Gasteiger partial charge in [-0.25, -0.2) is 8.42 Å². The van der Waals surface area contributed by atoms with Gasteiger partial charge in [0.1, 0.15) is 0 Å². The largest absolute Gasteiger partial charge is 0.335 e. The first-order valence-electron chi connectivity index (χ1n) is 10.2. The molecule has 2 N–H and O–H groups in total. The predicted octanol–water partition coefficient (Wildman–Crippen LogP) is 1.82. The molecule has 27 heavy (non-hydrogen) atoms. The molecular weight excluding hydrogens is 386 g/mol. The van der Waals surface area contributed by atoms with Crippen molar-refractivity contribution < 1.29 is 13.2 Å². The van der Waals surface area contributed by atoms with Crippen LogP contribution in [0.3, 0.4) is 0 Å². The Kier molecular flexibility index (Phi) is 7.61. The number of nitrogens with zero attached hydrogens (tertiary/aromatic N) is 2. The van der Waals surface area contributed by atoms with E-state index in [4.69, 9.17) is 5.73 Å². The average molecular weight is 422 g/mol. The Bertz CT molecular complexity index is 620. The first-order chi connectivity index (χ1) is 12.2. The van der Waals surface area contributed by atoms with E-state index in [9.17, 15) is 13.2 Å². The summed E-state index contributed by atoms with van der Waals surface area (Å²) in [6.45, 7) is 6.38. The van der Waals surface area contributed by atoms with Gasteiger partial charge in [0.15, 0.2) is 9.84 Å². The fourth-order valence-corrected chi connectivity index (χ4v) is 6.66. The number of piperidine rings is 1. The molecule has 0 spiro atoms. The van der Waals surface area contributed by atoms with E-state index >= 15 is 0 Å². The van der Waals surface area contributed by atoms with Crippen molar-refractivity contribution in [3.05, 3.63) is 0 Å². The lowest BCUT2D eigenvalue weighted by atomic mass is 9.80. The van der Waals surface area contributed by atoms with Gasteiger partial charge in [0.05, 0.1) is 18.1 Å². The highest BCUT2D eigenvalue weighted by Crippen LogP contribution is 2.30. The standard InChI is InChI=1S/C19H35N3O3S.ClH/c1-19(2)14-21(10-8-17(19)20)12-18(23)22(15-6-4-3-5-7-15)16-9-11-26(24,25)13-16;/h15-17H,3-14,20H2,1-2H3;1H. The molecule has 0 bridgehead atoms. The highest BCUT2D eigenvalue weighted by atomic mass is 35.5. The van der Waals surface area contributed by atoms with Gasteiger partial charge in [-0.15, -0.1) is 12.4 Å². The third-order valence-corrected chi connectivity index (χ3v) is 8.36. The molecule has 2 saturated heterocycles. The minimum absolute atomic E-state index is 0. The van der Waals surface area contributed by atoms with Gasteiger partial charge in [-0.3, -0.25) is 9.69 Å². The van der Waals surface area contributed by atoms with Crippen LogP contribution in [0.15, 0.2) is 0 Å². The van der Waals surface area contributed by atoms with Gasteiger partial charge >= 0.3 is 0 Å². The van der Waals surface area contributed by atoms with Crippen LogP contribution in [-0.4, -0.2) is 73.4 Å². The van der Waals surface area contributed by atoms with Crippen molar-refractivity contribution in [1.29, 1.82) is 0 Å². The van der Waals surface area contributed by atoms with Crippen molar-refractivity contribution in [2.24, 2.45) is 11.1 Å². The second-order valence-corrected chi connectivity index (χ2v) is 11.5. The molecule has 1 amide bonds. The van der Waals surface area contributed by atoms with Gasteiger partial charge in [-0.05, 0) is 31.1 Å². The molecule has 2 unspecified atom stereocenters. The number of hydrogen-bond donors (Lipinski definition) is 1. The molecule has 0 aromatic carbocycles. The Morgan fingerprint density at radius 2 is 1.78 bits per heavy atom. The zero-order valence-corrected chi connectivity index (χ0v) is 18.4. The van der Waals surface area contributed by atoms with E-state index in [0.717, 1.165) is 45.2 Å². The van der Waals surface area contributed by atoms with E-state index in [1.807, 2.05) is 4.90 Å². The molecule has 0 aromatic rings. The molecule has 3 rings (SSSR count). The summed E-state index contributed by atoms with van der Waals surface area (Å²) in [7, 11) is -3.00. The molecule has 2 heterocycles. The van der Waals surface area contributed by atoms with Crippen LogP contribution in [0.1, 0.15) is 58.8 Å². The van der Waals surface area contributed by atoms with Crippen LogP contribution in [0.2, 0.25) is 0 Å². The van der Waals surface area contributed by atoms with Crippen molar-refractivity contribution >= 4 is 28.2 Å². The summed E-state index contributed by atoms with van der Waals surface area (Å²) < 4.78 is 24.0. The van der Waals surface area contributed by atoms with Gasteiger partial charge in [-0.1, -0.05) is 33.1 Å². The molecule has 3 fully saturated rings. The Balaban J connectivity index is 0.00000261. The molecule has 0 radical (unpaired) electrons. The van der Waals surface area contributed by atoms with Crippen LogP contribution in [0.25, 0.3) is 0 Å². The number of amides is 1. The van der Waals surface area contributed by atoms with Crippen LogP contribution in [-0.2, 0) is 14.6 Å². The normalized spacial score (nSPS) is 31.2. The van der Waals surface area contributed by atoms with Gasteiger partial charge in [0.2, 0.25) is 5.91 Å². The SMILES string of the molecule is CC1(C)CN(CC(=O)N(C2CCCCC2)C2CCS(=O)(=O)C2)CCC1N.Cl. The summed E-state index contributed by atoms with van der Waals surface area (Å²) >= 11 is 0. The average Bonchev–Trinajstić information content (AvgIpc) is 2.91. The molecule has 8 heteroatoms. The zero-order valence-electron chi connectivity index (χ0n) is 16.7. The Morgan fingerprint density at radius 3 is 2.33 bits per heavy atom. The quantitative estimate of drug-likeness (QED) is 0.748. The monoisotopic (exact) mass is 421 g/mol. The smallest absolute Gasteiger partial charge is 0.237 e. The van der Waals surface area contributed by atoms with Crippen molar-refractivity contribution in [1.82, 2.24) is 9.80 Å². The first kappa shape index (κ1) is 22.9.